The Morgan fingerprint density at radius 3 is 2.92 bits per heavy atom. The van der Waals surface area contributed by atoms with Crippen molar-refractivity contribution in [3.05, 3.63) is 30.2 Å². The molecule has 1 aliphatic heterocycles. The Kier molecular flexibility index (Phi) is 4.94. The number of aromatic nitrogens is 3. The van der Waals surface area contributed by atoms with E-state index in [2.05, 4.69) is 43.2 Å². The summed E-state index contributed by atoms with van der Waals surface area (Å²) in [5.74, 6) is 0.945. The van der Waals surface area contributed by atoms with Crippen LogP contribution < -0.4 is 5.32 Å². The summed E-state index contributed by atoms with van der Waals surface area (Å²) in [6.07, 6.45) is 2.80. The highest BCUT2D eigenvalue weighted by molar-refractivity contribution is 5.75. The highest BCUT2D eigenvalue weighted by atomic mass is 16.5. The quantitative estimate of drug-likeness (QED) is 0.925. The van der Waals surface area contributed by atoms with E-state index in [1.807, 2.05) is 33.7 Å². The van der Waals surface area contributed by atoms with Gasteiger partial charge in [-0.3, -0.25) is 4.40 Å². The molecule has 2 amide bonds. The van der Waals surface area contributed by atoms with Crippen molar-refractivity contribution in [3.63, 3.8) is 0 Å². The molecule has 7 heteroatoms. The minimum atomic E-state index is -0.273. The van der Waals surface area contributed by atoms with Crippen LogP contribution in [0.25, 0.3) is 5.65 Å². The molecular weight excluding hydrogens is 318 g/mol. The summed E-state index contributed by atoms with van der Waals surface area (Å²) in [5, 5.41) is 11.7. The molecule has 2 aromatic heterocycles. The minimum absolute atomic E-state index is 0.0747. The lowest BCUT2D eigenvalue weighted by Gasteiger charge is -2.40. The van der Waals surface area contributed by atoms with Crippen LogP contribution in [-0.4, -0.2) is 50.8 Å². The van der Waals surface area contributed by atoms with Crippen molar-refractivity contribution in [2.45, 2.75) is 45.8 Å². The first-order valence-electron chi connectivity index (χ1n) is 8.92. The smallest absolute Gasteiger partial charge is 0.318 e. The molecule has 25 heavy (non-hydrogen) atoms. The zero-order valence-electron chi connectivity index (χ0n) is 15.4. The molecule has 2 aromatic rings. The van der Waals surface area contributed by atoms with Crippen molar-refractivity contribution >= 4 is 11.7 Å². The van der Waals surface area contributed by atoms with E-state index in [1.165, 1.54) is 0 Å². The summed E-state index contributed by atoms with van der Waals surface area (Å²) in [7, 11) is 0. The Hall–Kier alpha value is -2.15. The Morgan fingerprint density at radius 2 is 2.20 bits per heavy atom. The molecule has 0 saturated carbocycles. The molecule has 2 atom stereocenters. The summed E-state index contributed by atoms with van der Waals surface area (Å²) in [5.41, 5.74) is 0.507. The molecule has 3 heterocycles. The number of morpholine rings is 1. The van der Waals surface area contributed by atoms with Crippen molar-refractivity contribution in [3.8, 4) is 0 Å². The van der Waals surface area contributed by atoms with Crippen LogP contribution in [0.4, 0.5) is 4.79 Å². The van der Waals surface area contributed by atoms with Gasteiger partial charge >= 0.3 is 6.03 Å². The number of pyridine rings is 1. The highest BCUT2D eigenvalue weighted by Crippen LogP contribution is 2.24. The normalized spacial score (nSPS) is 22.4. The third kappa shape index (κ3) is 3.61. The summed E-state index contributed by atoms with van der Waals surface area (Å²) in [4.78, 5) is 14.7. The van der Waals surface area contributed by atoms with E-state index >= 15 is 0 Å². The van der Waals surface area contributed by atoms with Crippen LogP contribution in [0.5, 0.6) is 0 Å². The van der Waals surface area contributed by atoms with Crippen LogP contribution in [0, 0.1) is 5.92 Å². The van der Waals surface area contributed by atoms with Gasteiger partial charge in [-0.05, 0) is 31.4 Å². The molecular formula is C18H27N5O2. The Balaban J connectivity index is 1.79. The van der Waals surface area contributed by atoms with Gasteiger partial charge in [0.25, 0.3) is 0 Å². The summed E-state index contributed by atoms with van der Waals surface area (Å²) < 4.78 is 7.76. The second kappa shape index (κ2) is 7.00. The van der Waals surface area contributed by atoms with Gasteiger partial charge in [-0.25, -0.2) is 4.79 Å². The maximum absolute atomic E-state index is 12.8. The number of urea groups is 1. The fraction of sp³-hybridized carbons (Fsp3) is 0.611. The molecule has 0 aliphatic carbocycles. The van der Waals surface area contributed by atoms with Gasteiger partial charge in [-0.2, -0.15) is 0 Å². The van der Waals surface area contributed by atoms with Gasteiger partial charge in [-0.15, -0.1) is 10.2 Å². The molecule has 0 spiro atoms. The van der Waals surface area contributed by atoms with Gasteiger partial charge in [0.15, 0.2) is 11.5 Å². The molecule has 1 aliphatic rings. The average molecular weight is 345 g/mol. The monoisotopic (exact) mass is 345 g/mol. The molecule has 0 aromatic carbocycles. The van der Waals surface area contributed by atoms with Gasteiger partial charge in [0.1, 0.15) is 0 Å². The van der Waals surface area contributed by atoms with Crippen LogP contribution in [-0.2, 0) is 4.74 Å². The lowest BCUT2D eigenvalue weighted by atomic mass is 10.0. The highest BCUT2D eigenvalue weighted by Gasteiger charge is 2.34. The fourth-order valence-electron chi connectivity index (χ4n) is 3.14. The third-order valence-electron chi connectivity index (χ3n) is 4.94. The maximum atomic E-state index is 12.8. The fourth-order valence-corrected chi connectivity index (χ4v) is 3.14. The number of amides is 2. The average Bonchev–Trinajstić information content (AvgIpc) is 3.03. The number of hydrogen-bond donors (Lipinski definition) is 1. The van der Waals surface area contributed by atoms with Crippen molar-refractivity contribution < 1.29 is 9.53 Å². The zero-order valence-corrected chi connectivity index (χ0v) is 15.4. The SMILES string of the molecule is CC[C@@]1(C)CN(C(=O)N[C@@H](c2nnc3ccccn23)C(C)C)CCO1. The molecule has 136 valence electrons. The molecule has 0 bridgehead atoms. The molecule has 1 fully saturated rings. The van der Waals surface area contributed by atoms with Gasteiger partial charge < -0.3 is 15.0 Å². The predicted molar refractivity (Wildman–Crippen MR) is 95.3 cm³/mol. The van der Waals surface area contributed by atoms with Crippen LogP contribution in [0.3, 0.4) is 0 Å². The molecule has 1 N–H and O–H groups in total. The Bertz CT molecular complexity index is 744. The number of carbonyl (C=O) groups excluding carboxylic acids is 1. The lowest BCUT2D eigenvalue weighted by Crippen LogP contribution is -2.55. The first kappa shape index (κ1) is 17.7. The van der Waals surface area contributed by atoms with E-state index < -0.39 is 0 Å². The minimum Gasteiger partial charge on any atom is -0.372 e. The van der Waals surface area contributed by atoms with E-state index in [4.69, 9.17) is 4.74 Å². The zero-order chi connectivity index (χ0) is 18.0. The van der Waals surface area contributed by atoms with Gasteiger partial charge in [0.05, 0.1) is 24.8 Å². The predicted octanol–water partition coefficient (Wildman–Crippen LogP) is 2.64. The second-order valence-electron chi connectivity index (χ2n) is 7.23. The van der Waals surface area contributed by atoms with Gasteiger partial charge in [-0.1, -0.05) is 26.8 Å². The topological polar surface area (TPSA) is 71.8 Å². The summed E-state index contributed by atoms with van der Waals surface area (Å²) >= 11 is 0. The Morgan fingerprint density at radius 1 is 1.40 bits per heavy atom. The molecule has 0 unspecified atom stereocenters. The number of nitrogens with zero attached hydrogens (tertiary/aromatic N) is 4. The number of fused-ring (bicyclic) bond motifs is 1. The number of carbonyl (C=O) groups is 1. The second-order valence-corrected chi connectivity index (χ2v) is 7.23. The standard InChI is InChI=1S/C18H27N5O2/c1-5-18(4)12-22(10-11-25-18)17(24)19-15(13(2)3)16-21-20-14-8-6-7-9-23(14)16/h6-9,13,15H,5,10-12H2,1-4H3,(H,19,24)/t15-,18+/m1/s1. The first-order valence-corrected chi connectivity index (χ1v) is 8.92. The van der Waals surface area contributed by atoms with Crippen molar-refractivity contribution in [1.82, 2.24) is 24.8 Å². The first-order chi connectivity index (χ1) is 11.9. The van der Waals surface area contributed by atoms with E-state index in [9.17, 15) is 4.79 Å². The summed E-state index contributed by atoms with van der Waals surface area (Å²) in [6, 6.07) is 5.49. The third-order valence-corrected chi connectivity index (χ3v) is 4.94. The van der Waals surface area contributed by atoms with E-state index in [-0.39, 0.29) is 23.6 Å². The molecule has 1 saturated heterocycles. The van der Waals surface area contributed by atoms with Gasteiger partial charge in [0, 0.05) is 12.7 Å². The maximum Gasteiger partial charge on any atom is 0.318 e. The van der Waals surface area contributed by atoms with Crippen molar-refractivity contribution in [2.75, 3.05) is 19.7 Å². The molecule has 3 rings (SSSR count). The number of rotatable bonds is 4. The number of ether oxygens (including phenoxy) is 1. The number of nitrogens with one attached hydrogen (secondary N) is 1. The van der Waals surface area contributed by atoms with Gasteiger partial charge in [0.2, 0.25) is 0 Å². The van der Waals surface area contributed by atoms with E-state index in [0.717, 1.165) is 17.9 Å². The van der Waals surface area contributed by atoms with Crippen LogP contribution in [0.1, 0.15) is 46.0 Å². The van der Waals surface area contributed by atoms with Crippen molar-refractivity contribution in [1.29, 1.82) is 0 Å². The van der Waals surface area contributed by atoms with E-state index in [0.29, 0.717) is 19.7 Å². The summed E-state index contributed by atoms with van der Waals surface area (Å²) in [6.45, 7) is 10.1. The van der Waals surface area contributed by atoms with Crippen molar-refractivity contribution in [2.24, 2.45) is 5.92 Å². The Labute approximate surface area is 148 Å². The van der Waals surface area contributed by atoms with Crippen LogP contribution in [0.15, 0.2) is 24.4 Å². The molecule has 0 radical (unpaired) electrons. The lowest BCUT2D eigenvalue weighted by molar-refractivity contribution is -0.0875. The number of hydrogen-bond acceptors (Lipinski definition) is 4. The van der Waals surface area contributed by atoms with Crippen LogP contribution in [0.2, 0.25) is 0 Å². The van der Waals surface area contributed by atoms with Crippen LogP contribution >= 0.6 is 0 Å². The van der Waals surface area contributed by atoms with E-state index in [1.54, 1.807) is 0 Å². The molecule has 7 nitrogen and oxygen atoms in total. The largest absolute Gasteiger partial charge is 0.372 e.